The molecule has 4 heteroatoms. The van der Waals surface area contributed by atoms with Crippen molar-refractivity contribution in [2.45, 2.75) is 57.4 Å². The molecule has 0 saturated heterocycles. The van der Waals surface area contributed by atoms with E-state index in [2.05, 4.69) is 224 Å². The van der Waals surface area contributed by atoms with Crippen molar-refractivity contribution < 1.29 is 0 Å². The van der Waals surface area contributed by atoms with E-state index in [1.165, 1.54) is 114 Å². The lowest BCUT2D eigenvalue weighted by atomic mass is 9.33. The van der Waals surface area contributed by atoms with Crippen LogP contribution in [0.2, 0.25) is 0 Å². The van der Waals surface area contributed by atoms with Crippen molar-refractivity contribution in [3.8, 4) is 11.1 Å². The van der Waals surface area contributed by atoms with Gasteiger partial charge in [0.2, 0.25) is 0 Å². The van der Waals surface area contributed by atoms with Crippen LogP contribution in [0.3, 0.4) is 0 Å². The van der Waals surface area contributed by atoms with E-state index in [0.29, 0.717) is 0 Å². The molecule has 0 bridgehead atoms. The summed E-state index contributed by atoms with van der Waals surface area (Å²) in [4.78, 5) is 7.89. The molecular formula is C59H48BN3. The Labute approximate surface area is 371 Å². The molecule has 3 aliphatic heterocycles. The fraction of sp³-hybridized carbons (Fsp3) is 0.153. The highest BCUT2D eigenvalue weighted by Crippen LogP contribution is 2.61. The maximum atomic E-state index is 2.83. The first-order valence-corrected chi connectivity index (χ1v) is 22.8. The molecule has 9 aromatic rings. The van der Waals surface area contributed by atoms with Crippen LogP contribution in [0.4, 0.5) is 45.5 Å². The standard InChI is InChI=1S/C59H48BN3/c1-39-35-54-56-55(36-39)63-57-49(58(2)33-11-12-34-59(58,63)3)28-16-29-51(57)60(56)50-32-31-45(38-53(50)62(54)43-22-5-4-6-23-43)61(52-30-15-20-41-18-8-10-26-48(41)52)44-24-13-21-42(37-44)47-27-14-19-40-17-7-9-25-46(40)47/h4-10,13-32,35-38H,11-12,33-34H2,1-3H3/t58?,59-/m1/s1. The summed E-state index contributed by atoms with van der Waals surface area (Å²) < 4.78 is 0. The third kappa shape index (κ3) is 5.09. The number of anilines is 8. The van der Waals surface area contributed by atoms with Crippen LogP contribution >= 0.6 is 0 Å². The van der Waals surface area contributed by atoms with Crippen molar-refractivity contribution in [1.29, 1.82) is 0 Å². The van der Waals surface area contributed by atoms with Crippen molar-refractivity contribution in [2.24, 2.45) is 0 Å². The molecule has 0 spiro atoms. The summed E-state index contributed by atoms with van der Waals surface area (Å²) >= 11 is 0. The van der Waals surface area contributed by atoms with E-state index in [4.69, 9.17) is 0 Å². The quantitative estimate of drug-likeness (QED) is 0.160. The predicted octanol–water partition coefficient (Wildman–Crippen LogP) is 13.8. The first-order chi connectivity index (χ1) is 30.9. The number of aryl methyl sites for hydroxylation is 1. The maximum absolute atomic E-state index is 2.83. The van der Waals surface area contributed by atoms with Crippen molar-refractivity contribution in [1.82, 2.24) is 0 Å². The molecule has 13 rings (SSSR count). The Bertz CT molecular complexity index is 3330. The van der Waals surface area contributed by atoms with Crippen LogP contribution < -0.4 is 31.1 Å². The molecule has 0 aromatic heterocycles. The molecule has 3 heterocycles. The van der Waals surface area contributed by atoms with E-state index in [1.807, 2.05) is 0 Å². The van der Waals surface area contributed by atoms with Gasteiger partial charge >= 0.3 is 0 Å². The summed E-state index contributed by atoms with van der Waals surface area (Å²) in [5, 5.41) is 4.95. The number of nitrogens with zero attached hydrogens (tertiary/aromatic N) is 3. The lowest BCUT2D eigenvalue weighted by Gasteiger charge is -2.52. The molecule has 1 fully saturated rings. The number of hydrogen-bond donors (Lipinski definition) is 0. The third-order valence-corrected chi connectivity index (χ3v) is 15.6. The van der Waals surface area contributed by atoms with Crippen LogP contribution in [0.15, 0.2) is 188 Å². The second-order valence-electron chi connectivity index (χ2n) is 18.9. The van der Waals surface area contributed by atoms with E-state index in [1.54, 1.807) is 0 Å². The molecule has 63 heavy (non-hydrogen) atoms. The average Bonchev–Trinajstić information content (AvgIpc) is 3.54. The van der Waals surface area contributed by atoms with Gasteiger partial charge in [0.15, 0.2) is 0 Å². The SMILES string of the molecule is Cc1cc2c3c(c1)N1c4c(cccc4C4(C)CCCC[C@@]14C)B3c1ccc(N(c3cccc(-c4cccc5ccccc45)c3)c3cccc4ccccc34)cc1N2c1ccccc1. The monoisotopic (exact) mass is 809 g/mol. The van der Waals surface area contributed by atoms with Crippen molar-refractivity contribution in [3.63, 3.8) is 0 Å². The van der Waals surface area contributed by atoms with Gasteiger partial charge in [0.05, 0.1) is 11.2 Å². The minimum atomic E-state index is -0.00252. The third-order valence-electron chi connectivity index (χ3n) is 15.6. The lowest BCUT2D eigenvalue weighted by Crippen LogP contribution is -2.64. The summed E-state index contributed by atoms with van der Waals surface area (Å²) in [6.07, 6.45) is 4.96. The first kappa shape index (κ1) is 36.6. The summed E-state index contributed by atoms with van der Waals surface area (Å²) in [5.41, 5.74) is 19.5. The highest BCUT2D eigenvalue weighted by atomic mass is 15.3. The van der Waals surface area contributed by atoms with Gasteiger partial charge in [-0.2, -0.15) is 0 Å². The molecule has 9 aromatic carbocycles. The Morgan fingerprint density at radius 1 is 0.540 bits per heavy atom. The molecule has 0 radical (unpaired) electrons. The molecule has 0 N–H and O–H groups in total. The molecule has 0 amide bonds. The molecule has 4 aliphatic rings. The zero-order chi connectivity index (χ0) is 42.0. The Balaban J connectivity index is 1.07. The molecular weight excluding hydrogens is 761 g/mol. The van der Waals surface area contributed by atoms with Crippen molar-refractivity contribution >= 4 is 90.1 Å². The highest BCUT2D eigenvalue weighted by Gasteiger charge is 2.61. The molecule has 1 aliphatic carbocycles. The Morgan fingerprint density at radius 3 is 2.08 bits per heavy atom. The van der Waals surface area contributed by atoms with Crippen molar-refractivity contribution in [2.75, 3.05) is 14.7 Å². The van der Waals surface area contributed by atoms with Crippen molar-refractivity contribution in [3.05, 3.63) is 199 Å². The van der Waals surface area contributed by atoms with Gasteiger partial charge in [-0.05, 0) is 136 Å². The minimum absolute atomic E-state index is 0.00252. The zero-order valence-corrected chi connectivity index (χ0v) is 36.1. The Kier molecular flexibility index (Phi) is 7.83. The van der Waals surface area contributed by atoms with Crippen LogP contribution in [0.5, 0.6) is 0 Å². The fourth-order valence-electron chi connectivity index (χ4n) is 12.5. The molecule has 3 nitrogen and oxygen atoms in total. The Hall–Kier alpha value is -7.04. The largest absolute Gasteiger partial charge is 0.335 e. The predicted molar refractivity (Wildman–Crippen MR) is 268 cm³/mol. The van der Waals surface area contributed by atoms with Gasteiger partial charge in [-0.25, -0.2) is 0 Å². The molecule has 1 unspecified atom stereocenters. The van der Waals surface area contributed by atoms with E-state index < -0.39 is 0 Å². The van der Waals surface area contributed by atoms with Crippen LogP contribution in [0.1, 0.15) is 50.7 Å². The van der Waals surface area contributed by atoms with Crippen LogP contribution in [-0.4, -0.2) is 12.3 Å². The normalized spacial score (nSPS) is 19.1. The average molecular weight is 810 g/mol. The number of rotatable bonds is 5. The topological polar surface area (TPSA) is 9.72 Å². The van der Waals surface area contributed by atoms with Gasteiger partial charge in [0.25, 0.3) is 6.71 Å². The van der Waals surface area contributed by atoms with E-state index in [0.717, 1.165) is 17.1 Å². The number of fused-ring (bicyclic) bond motifs is 9. The van der Waals surface area contributed by atoms with Gasteiger partial charge in [0.1, 0.15) is 0 Å². The first-order valence-electron chi connectivity index (χ1n) is 22.8. The smallest absolute Gasteiger partial charge is 0.252 e. The second kappa shape index (κ2) is 13.5. The number of hydrogen-bond acceptors (Lipinski definition) is 3. The highest BCUT2D eigenvalue weighted by molar-refractivity contribution is 7.00. The van der Waals surface area contributed by atoms with Gasteiger partial charge < -0.3 is 14.7 Å². The van der Waals surface area contributed by atoms with Gasteiger partial charge in [-0.3, -0.25) is 0 Å². The molecule has 2 atom stereocenters. The van der Waals surface area contributed by atoms with Crippen LogP contribution in [0, 0.1) is 6.92 Å². The van der Waals surface area contributed by atoms with Crippen LogP contribution in [0.25, 0.3) is 32.7 Å². The second-order valence-corrected chi connectivity index (χ2v) is 18.9. The maximum Gasteiger partial charge on any atom is 0.252 e. The van der Waals surface area contributed by atoms with E-state index in [9.17, 15) is 0 Å². The molecule has 302 valence electrons. The zero-order valence-electron chi connectivity index (χ0n) is 36.1. The van der Waals surface area contributed by atoms with E-state index in [-0.39, 0.29) is 17.7 Å². The van der Waals surface area contributed by atoms with Gasteiger partial charge in [0, 0.05) is 50.6 Å². The lowest BCUT2D eigenvalue weighted by molar-refractivity contribution is 0.195. The summed E-state index contributed by atoms with van der Waals surface area (Å²) in [6, 6.07) is 70.7. The van der Waals surface area contributed by atoms with Crippen LogP contribution in [-0.2, 0) is 5.41 Å². The van der Waals surface area contributed by atoms with E-state index >= 15 is 0 Å². The van der Waals surface area contributed by atoms with Gasteiger partial charge in [-0.15, -0.1) is 0 Å². The Morgan fingerprint density at radius 2 is 1.22 bits per heavy atom. The minimum Gasteiger partial charge on any atom is -0.335 e. The van der Waals surface area contributed by atoms with Gasteiger partial charge in [-0.1, -0.05) is 153 Å². The summed E-state index contributed by atoms with van der Waals surface area (Å²) in [6.45, 7) is 7.53. The number of para-hydroxylation sites is 2. The number of benzene rings is 9. The summed E-state index contributed by atoms with van der Waals surface area (Å²) in [5.74, 6) is 0. The summed E-state index contributed by atoms with van der Waals surface area (Å²) in [7, 11) is 0. The fourth-order valence-corrected chi connectivity index (χ4v) is 12.5. The molecule has 1 saturated carbocycles.